The van der Waals surface area contributed by atoms with Crippen LogP contribution in [0.25, 0.3) is 0 Å². The fourth-order valence-electron chi connectivity index (χ4n) is 2.36. The van der Waals surface area contributed by atoms with Crippen LogP contribution in [0.5, 0.6) is 0 Å². The topological polar surface area (TPSA) is 66.9 Å². The highest BCUT2D eigenvalue weighted by molar-refractivity contribution is 6.31. The van der Waals surface area contributed by atoms with Crippen LogP contribution in [0.2, 0.25) is 5.02 Å². The quantitative estimate of drug-likeness (QED) is 0.696. The van der Waals surface area contributed by atoms with Crippen LogP contribution in [-0.4, -0.2) is 15.9 Å². The zero-order valence-electron chi connectivity index (χ0n) is 14.0. The summed E-state index contributed by atoms with van der Waals surface area (Å²) < 4.78 is 13.2. The molecule has 0 unspecified atom stereocenters. The Hall–Kier alpha value is -2.99. The molecule has 2 aromatic carbocycles. The smallest absolute Gasteiger partial charge is 0.274 e. The molecule has 0 aliphatic rings. The van der Waals surface area contributed by atoms with Gasteiger partial charge in [-0.2, -0.15) is 0 Å². The van der Waals surface area contributed by atoms with Crippen molar-refractivity contribution in [2.75, 3.05) is 10.6 Å². The molecule has 0 saturated heterocycles. The fourth-order valence-corrected chi connectivity index (χ4v) is 2.54. The molecule has 3 rings (SSSR count). The number of anilines is 2. The van der Waals surface area contributed by atoms with Crippen molar-refractivity contribution in [3.05, 3.63) is 82.5 Å². The van der Waals surface area contributed by atoms with Gasteiger partial charge in [-0.05, 0) is 30.7 Å². The largest absolute Gasteiger partial charge is 0.366 e. The van der Waals surface area contributed by atoms with Crippen LogP contribution in [0.3, 0.4) is 0 Å². The molecule has 26 heavy (non-hydrogen) atoms. The first-order valence-electron chi connectivity index (χ1n) is 7.89. The second-order valence-corrected chi connectivity index (χ2v) is 6.12. The summed E-state index contributed by atoms with van der Waals surface area (Å²) >= 11 is 5.72. The van der Waals surface area contributed by atoms with E-state index in [9.17, 15) is 9.18 Å². The highest BCUT2D eigenvalue weighted by Crippen LogP contribution is 2.20. The summed E-state index contributed by atoms with van der Waals surface area (Å²) in [5.74, 6) is -0.452. The number of amides is 1. The molecule has 0 radical (unpaired) electrons. The maximum Gasteiger partial charge on any atom is 0.274 e. The molecule has 7 heteroatoms. The first-order chi connectivity index (χ1) is 12.5. The number of hydrogen-bond acceptors (Lipinski definition) is 4. The zero-order chi connectivity index (χ0) is 18.5. The number of hydrogen-bond donors (Lipinski definition) is 2. The monoisotopic (exact) mass is 370 g/mol. The average molecular weight is 371 g/mol. The fraction of sp³-hybridized carbons (Fsp3) is 0.105. The molecule has 2 N–H and O–H groups in total. The van der Waals surface area contributed by atoms with E-state index in [-0.39, 0.29) is 10.7 Å². The Morgan fingerprint density at radius 2 is 2.00 bits per heavy atom. The van der Waals surface area contributed by atoms with E-state index >= 15 is 0 Å². The number of carbonyl (C=O) groups is 1. The molecule has 0 saturated carbocycles. The van der Waals surface area contributed by atoms with Crippen molar-refractivity contribution >= 4 is 29.0 Å². The van der Waals surface area contributed by atoms with Crippen molar-refractivity contribution in [2.24, 2.45) is 0 Å². The van der Waals surface area contributed by atoms with E-state index in [0.29, 0.717) is 18.1 Å². The molecule has 5 nitrogen and oxygen atoms in total. The third-order valence-electron chi connectivity index (χ3n) is 3.63. The molecular weight excluding hydrogens is 355 g/mol. The van der Waals surface area contributed by atoms with E-state index in [1.807, 2.05) is 25.1 Å². The predicted octanol–water partition coefficient (Wildman–Crippen LogP) is 4.44. The van der Waals surface area contributed by atoms with Gasteiger partial charge < -0.3 is 10.6 Å². The maximum absolute atomic E-state index is 13.2. The SMILES string of the molecule is Cc1cccc(CNc2cc(C(=O)Nc3ccc(F)c(Cl)c3)ncn2)c1. The second-order valence-electron chi connectivity index (χ2n) is 5.71. The van der Waals surface area contributed by atoms with Gasteiger partial charge in [0.05, 0.1) is 5.02 Å². The minimum atomic E-state index is -0.547. The summed E-state index contributed by atoms with van der Waals surface area (Å²) in [5, 5.41) is 5.72. The van der Waals surface area contributed by atoms with Crippen molar-refractivity contribution in [3.8, 4) is 0 Å². The molecule has 0 fully saturated rings. The number of aryl methyl sites for hydroxylation is 1. The van der Waals surface area contributed by atoms with Gasteiger partial charge in [0.2, 0.25) is 0 Å². The van der Waals surface area contributed by atoms with Gasteiger partial charge in [0.1, 0.15) is 23.7 Å². The maximum atomic E-state index is 13.2. The Morgan fingerprint density at radius 1 is 1.15 bits per heavy atom. The lowest BCUT2D eigenvalue weighted by Crippen LogP contribution is -2.14. The summed E-state index contributed by atoms with van der Waals surface area (Å²) in [6, 6.07) is 13.6. The van der Waals surface area contributed by atoms with Gasteiger partial charge in [-0.3, -0.25) is 4.79 Å². The summed E-state index contributed by atoms with van der Waals surface area (Å²) in [7, 11) is 0. The van der Waals surface area contributed by atoms with E-state index in [0.717, 1.165) is 5.56 Å². The molecule has 0 atom stereocenters. The van der Waals surface area contributed by atoms with Crippen LogP contribution in [0, 0.1) is 12.7 Å². The van der Waals surface area contributed by atoms with Crippen molar-refractivity contribution in [1.29, 1.82) is 0 Å². The lowest BCUT2D eigenvalue weighted by atomic mass is 10.1. The van der Waals surface area contributed by atoms with Crippen LogP contribution in [0.4, 0.5) is 15.9 Å². The Balaban J connectivity index is 1.67. The highest BCUT2D eigenvalue weighted by Gasteiger charge is 2.10. The zero-order valence-corrected chi connectivity index (χ0v) is 14.7. The third kappa shape index (κ3) is 4.55. The van der Waals surface area contributed by atoms with Crippen molar-refractivity contribution in [3.63, 3.8) is 0 Å². The molecule has 0 bridgehead atoms. The normalized spacial score (nSPS) is 10.4. The second kappa shape index (κ2) is 7.93. The molecule has 0 spiro atoms. The Kier molecular flexibility index (Phi) is 5.43. The Labute approximate surface area is 155 Å². The Bertz CT molecular complexity index is 948. The van der Waals surface area contributed by atoms with Gasteiger partial charge in [-0.15, -0.1) is 0 Å². The molecule has 1 amide bonds. The van der Waals surface area contributed by atoms with Gasteiger partial charge in [0, 0.05) is 18.3 Å². The summed E-state index contributed by atoms with van der Waals surface area (Å²) in [5.41, 5.74) is 2.85. The van der Waals surface area contributed by atoms with E-state index in [4.69, 9.17) is 11.6 Å². The van der Waals surface area contributed by atoms with Crippen LogP contribution in [0.1, 0.15) is 21.6 Å². The van der Waals surface area contributed by atoms with E-state index < -0.39 is 11.7 Å². The first-order valence-corrected chi connectivity index (χ1v) is 8.27. The molecule has 3 aromatic rings. The number of benzene rings is 2. The standard InChI is InChI=1S/C19H16ClFN4O/c1-12-3-2-4-13(7-12)10-22-18-9-17(23-11-24-18)19(26)25-14-5-6-16(21)15(20)8-14/h2-9,11H,10H2,1H3,(H,25,26)(H,22,23,24). The Morgan fingerprint density at radius 3 is 2.77 bits per heavy atom. The number of carbonyl (C=O) groups excluding carboxylic acids is 1. The van der Waals surface area contributed by atoms with Gasteiger partial charge in [-0.1, -0.05) is 41.4 Å². The van der Waals surface area contributed by atoms with Crippen LogP contribution in [-0.2, 0) is 6.54 Å². The van der Waals surface area contributed by atoms with Gasteiger partial charge >= 0.3 is 0 Å². The van der Waals surface area contributed by atoms with Crippen molar-refractivity contribution < 1.29 is 9.18 Å². The summed E-state index contributed by atoms with van der Waals surface area (Å²) in [6.07, 6.45) is 1.31. The molecule has 0 aliphatic heterocycles. The minimum Gasteiger partial charge on any atom is -0.366 e. The molecule has 132 valence electrons. The van der Waals surface area contributed by atoms with Crippen LogP contribution >= 0.6 is 11.6 Å². The molecule has 1 heterocycles. The predicted molar refractivity (Wildman–Crippen MR) is 99.9 cm³/mol. The number of rotatable bonds is 5. The molecule has 1 aromatic heterocycles. The van der Waals surface area contributed by atoms with Gasteiger partial charge in [-0.25, -0.2) is 14.4 Å². The number of nitrogens with zero attached hydrogens (tertiary/aromatic N) is 2. The number of nitrogens with one attached hydrogen (secondary N) is 2. The highest BCUT2D eigenvalue weighted by atomic mass is 35.5. The van der Waals surface area contributed by atoms with Gasteiger partial charge in [0.25, 0.3) is 5.91 Å². The number of halogens is 2. The lowest BCUT2D eigenvalue weighted by molar-refractivity contribution is 0.102. The summed E-state index contributed by atoms with van der Waals surface area (Å²) in [6.45, 7) is 2.60. The van der Waals surface area contributed by atoms with Crippen LogP contribution in [0.15, 0.2) is 54.9 Å². The minimum absolute atomic E-state index is 0.0639. The van der Waals surface area contributed by atoms with Crippen molar-refractivity contribution in [1.82, 2.24) is 9.97 Å². The summed E-state index contributed by atoms with van der Waals surface area (Å²) in [4.78, 5) is 20.4. The number of aromatic nitrogens is 2. The van der Waals surface area contributed by atoms with Crippen LogP contribution < -0.4 is 10.6 Å². The average Bonchev–Trinajstić information content (AvgIpc) is 2.63. The van der Waals surface area contributed by atoms with Crippen molar-refractivity contribution in [2.45, 2.75) is 13.5 Å². The lowest BCUT2D eigenvalue weighted by Gasteiger charge is -2.08. The third-order valence-corrected chi connectivity index (χ3v) is 3.92. The molecule has 0 aliphatic carbocycles. The first kappa shape index (κ1) is 17.8. The van der Waals surface area contributed by atoms with E-state index in [1.165, 1.54) is 30.1 Å². The van der Waals surface area contributed by atoms with E-state index in [1.54, 1.807) is 6.07 Å². The molecular formula is C19H16ClFN4O. The van der Waals surface area contributed by atoms with Gasteiger partial charge in [0.15, 0.2) is 0 Å². The van der Waals surface area contributed by atoms with E-state index in [2.05, 4.69) is 26.7 Å².